The maximum Gasteiger partial charge on any atom is 0.303 e. The molecule has 0 amide bonds. The molecule has 0 spiro atoms. The van der Waals surface area contributed by atoms with Crippen molar-refractivity contribution in [2.24, 2.45) is 0 Å². The van der Waals surface area contributed by atoms with E-state index in [0.717, 1.165) is 11.3 Å². The fourth-order valence-corrected chi connectivity index (χ4v) is 1.95. The smallest absolute Gasteiger partial charge is 0.303 e. The molecule has 3 nitrogen and oxygen atoms in total. The Morgan fingerprint density at radius 3 is 2.79 bits per heavy atom. The lowest BCUT2D eigenvalue weighted by Gasteiger charge is -1.91. The monoisotopic (exact) mass is 221 g/mol. The molecule has 6 heteroatoms. The third-order valence-electron chi connectivity index (χ3n) is 1.64. The quantitative estimate of drug-likeness (QED) is 0.782. The highest BCUT2D eigenvalue weighted by atomic mass is 32.1. The van der Waals surface area contributed by atoms with Gasteiger partial charge in [-0.25, -0.2) is 13.8 Å². The first-order valence-corrected chi connectivity index (χ1v) is 4.77. The summed E-state index contributed by atoms with van der Waals surface area (Å²) in [5.41, 5.74) is 0.535. The normalized spacial score (nSPS) is 10.9. The van der Waals surface area contributed by atoms with Gasteiger partial charge in [0, 0.05) is 17.9 Å². The number of carbonyl (C=O) groups is 1. The van der Waals surface area contributed by atoms with Gasteiger partial charge in [0.25, 0.3) is 5.78 Å². The zero-order valence-electron chi connectivity index (χ0n) is 7.46. The van der Waals surface area contributed by atoms with Crippen molar-refractivity contribution in [1.29, 1.82) is 0 Å². The molecular weight excluding hydrogens is 212 g/mol. The highest BCUT2D eigenvalue weighted by Crippen LogP contribution is 2.20. The maximum absolute atomic E-state index is 12.0. The van der Waals surface area contributed by atoms with Crippen LogP contribution in [0.4, 0.5) is 8.78 Å². The van der Waals surface area contributed by atoms with Crippen LogP contribution in [0.25, 0.3) is 0 Å². The Bertz CT molecular complexity index is 338. The molecule has 0 bridgehead atoms. The van der Waals surface area contributed by atoms with Crippen molar-refractivity contribution >= 4 is 17.1 Å². The van der Waals surface area contributed by atoms with Crippen LogP contribution in [-0.4, -0.2) is 28.9 Å². The third kappa shape index (κ3) is 2.33. The molecule has 1 aromatic heterocycles. The lowest BCUT2D eigenvalue weighted by Crippen LogP contribution is -2.09. The predicted octanol–water partition coefficient (Wildman–Crippen LogP) is 1.43. The SMILES string of the molecule is Cc1nc(C(=O)C(F)F)sc1CCO. The average molecular weight is 221 g/mol. The Morgan fingerprint density at radius 1 is 1.64 bits per heavy atom. The minimum atomic E-state index is -3.01. The van der Waals surface area contributed by atoms with E-state index in [1.54, 1.807) is 6.92 Å². The van der Waals surface area contributed by atoms with Crippen LogP contribution in [0, 0.1) is 6.92 Å². The number of alkyl halides is 2. The molecule has 78 valence electrons. The van der Waals surface area contributed by atoms with Crippen molar-refractivity contribution in [2.45, 2.75) is 19.8 Å². The van der Waals surface area contributed by atoms with Crippen LogP contribution in [0.1, 0.15) is 20.4 Å². The number of aliphatic hydroxyl groups excluding tert-OH is 1. The fraction of sp³-hybridized carbons (Fsp3) is 0.500. The van der Waals surface area contributed by atoms with Gasteiger partial charge in [-0.3, -0.25) is 4.79 Å². The van der Waals surface area contributed by atoms with Crippen LogP contribution >= 0.6 is 11.3 Å². The van der Waals surface area contributed by atoms with E-state index in [9.17, 15) is 13.6 Å². The average Bonchev–Trinajstić information content (AvgIpc) is 2.47. The topological polar surface area (TPSA) is 50.2 Å². The Hall–Kier alpha value is -0.880. The van der Waals surface area contributed by atoms with Gasteiger partial charge in [0.2, 0.25) is 0 Å². The van der Waals surface area contributed by atoms with Gasteiger partial charge in [-0.1, -0.05) is 0 Å². The largest absolute Gasteiger partial charge is 0.396 e. The molecule has 0 aliphatic rings. The Labute approximate surface area is 83.4 Å². The lowest BCUT2D eigenvalue weighted by atomic mass is 10.3. The molecule has 0 saturated carbocycles. The van der Waals surface area contributed by atoms with E-state index in [4.69, 9.17) is 5.11 Å². The van der Waals surface area contributed by atoms with Crippen LogP contribution in [0.5, 0.6) is 0 Å². The summed E-state index contributed by atoms with van der Waals surface area (Å²) in [5.74, 6) is -1.25. The van der Waals surface area contributed by atoms with Crippen molar-refractivity contribution < 1.29 is 18.7 Å². The molecule has 0 aliphatic carbocycles. The van der Waals surface area contributed by atoms with E-state index >= 15 is 0 Å². The summed E-state index contributed by atoms with van der Waals surface area (Å²) >= 11 is 0.920. The number of aliphatic hydroxyl groups is 1. The molecular formula is C8H9F2NO2S. The molecule has 0 radical (unpaired) electrons. The second-order valence-corrected chi connectivity index (χ2v) is 3.75. The minimum absolute atomic E-state index is 0.0780. The van der Waals surface area contributed by atoms with Crippen LogP contribution < -0.4 is 0 Å². The predicted molar refractivity (Wildman–Crippen MR) is 48.0 cm³/mol. The number of ketones is 1. The van der Waals surface area contributed by atoms with Gasteiger partial charge in [-0.15, -0.1) is 11.3 Å². The van der Waals surface area contributed by atoms with Crippen molar-refractivity contribution in [3.63, 3.8) is 0 Å². The Kier molecular flexibility index (Phi) is 3.65. The number of hydrogen-bond acceptors (Lipinski definition) is 4. The summed E-state index contributed by atoms with van der Waals surface area (Å²) in [6.07, 6.45) is -2.66. The van der Waals surface area contributed by atoms with Crippen LogP contribution in [0.15, 0.2) is 0 Å². The van der Waals surface area contributed by atoms with Crippen molar-refractivity contribution in [2.75, 3.05) is 6.61 Å². The number of rotatable bonds is 4. The number of halogens is 2. The summed E-state index contributed by atoms with van der Waals surface area (Å²) in [4.78, 5) is 15.3. The molecule has 1 aromatic rings. The number of nitrogens with zero attached hydrogens (tertiary/aromatic N) is 1. The van der Waals surface area contributed by atoms with Crippen LogP contribution in [0.2, 0.25) is 0 Å². The van der Waals surface area contributed by atoms with E-state index in [1.165, 1.54) is 0 Å². The van der Waals surface area contributed by atoms with Crippen molar-refractivity contribution in [3.05, 3.63) is 15.6 Å². The standard InChI is InChI=1S/C8H9F2NO2S/c1-4-5(2-3-12)14-8(11-4)6(13)7(9)10/h7,12H,2-3H2,1H3. The molecule has 1 N–H and O–H groups in total. The Balaban J connectivity index is 2.90. The van der Waals surface area contributed by atoms with Crippen LogP contribution in [-0.2, 0) is 6.42 Å². The molecule has 1 rings (SSSR count). The number of aromatic nitrogens is 1. The number of Topliss-reactive ketones (excluding diaryl/α,β-unsaturated/α-hetero) is 1. The van der Waals surface area contributed by atoms with E-state index in [-0.39, 0.29) is 11.6 Å². The van der Waals surface area contributed by atoms with Gasteiger partial charge in [0.05, 0.1) is 5.69 Å². The zero-order chi connectivity index (χ0) is 10.7. The number of aryl methyl sites for hydroxylation is 1. The van der Waals surface area contributed by atoms with Gasteiger partial charge in [-0.2, -0.15) is 0 Å². The van der Waals surface area contributed by atoms with E-state index in [1.807, 2.05) is 0 Å². The highest BCUT2D eigenvalue weighted by molar-refractivity contribution is 7.13. The van der Waals surface area contributed by atoms with Crippen molar-refractivity contribution in [3.8, 4) is 0 Å². The van der Waals surface area contributed by atoms with Crippen molar-refractivity contribution in [1.82, 2.24) is 4.98 Å². The zero-order valence-corrected chi connectivity index (χ0v) is 8.27. The molecule has 0 aliphatic heterocycles. The first-order valence-electron chi connectivity index (χ1n) is 3.95. The number of thiazole rings is 1. The molecule has 0 atom stereocenters. The molecule has 0 fully saturated rings. The minimum Gasteiger partial charge on any atom is -0.396 e. The first kappa shape index (κ1) is 11.2. The van der Waals surface area contributed by atoms with Crippen LogP contribution in [0.3, 0.4) is 0 Å². The number of carbonyl (C=O) groups excluding carboxylic acids is 1. The van der Waals surface area contributed by atoms with Gasteiger partial charge in [0.15, 0.2) is 5.01 Å². The van der Waals surface area contributed by atoms with E-state index < -0.39 is 12.2 Å². The molecule has 14 heavy (non-hydrogen) atoms. The summed E-state index contributed by atoms with van der Waals surface area (Å²) in [6, 6.07) is 0. The highest BCUT2D eigenvalue weighted by Gasteiger charge is 2.22. The maximum atomic E-state index is 12.0. The summed E-state index contributed by atoms with van der Waals surface area (Å²) < 4.78 is 24.0. The first-order chi connectivity index (χ1) is 6.56. The second-order valence-electron chi connectivity index (χ2n) is 2.67. The third-order valence-corrected chi connectivity index (χ3v) is 2.87. The molecule has 0 saturated heterocycles. The summed E-state index contributed by atoms with van der Waals surface area (Å²) in [7, 11) is 0. The summed E-state index contributed by atoms with van der Waals surface area (Å²) in [6.45, 7) is 1.55. The fourth-order valence-electron chi connectivity index (χ4n) is 0.960. The molecule has 0 unspecified atom stereocenters. The Morgan fingerprint density at radius 2 is 2.29 bits per heavy atom. The number of hydrogen-bond donors (Lipinski definition) is 1. The summed E-state index contributed by atoms with van der Waals surface area (Å²) in [5, 5.41) is 8.47. The van der Waals surface area contributed by atoms with Gasteiger partial charge in [-0.05, 0) is 6.92 Å². The van der Waals surface area contributed by atoms with E-state index in [2.05, 4.69) is 4.98 Å². The van der Waals surface area contributed by atoms with Gasteiger partial charge in [0.1, 0.15) is 0 Å². The van der Waals surface area contributed by atoms with Gasteiger partial charge >= 0.3 is 6.43 Å². The molecule has 1 heterocycles. The second kappa shape index (κ2) is 4.56. The lowest BCUT2D eigenvalue weighted by molar-refractivity contribution is 0.0678. The molecule has 0 aromatic carbocycles. The van der Waals surface area contributed by atoms with E-state index in [0.29, 0.717) is 17.0 Å². The van der Waals surface area contributed by atoms with Gasteiger partial charge < -0.3 is 5.11 Å².